The minimum atomic E-state index is 0.678. The van der Waals surface area contributed by atoms with Crippen LogP contribution in [0.2, 0.25) is 0 Å². The van der Waals surface area contributed by atoms with Crippen LogP contribution in [-0.2, 0) is 6.54 Å². The van der Waals surface area contributed by atoms with Crippen LogP contribution in [0.1, 0.15) is 52.0 Å². The van der Waals surface area contributed by atoms with Gasteiger partial charge in [0.1, 0.15) is 0 Å². The number of nitrogens with one attached hydrogen (secondary N) is 1. The van der Waals surface area contributed by atoms with Gasteiger partial charge in [-0.2, -0.15) is 0 Å². The summed E-state index contributed by atoms with van der Waals surface area (Å²) in [6, 6.07) is 10.3. The molecule has 1 saturated heterocycles. The Kier molecular flexibility index (Phi) is 5.26. The van der Waals surface area contributed by atoms with Crippen LogP contribution in [0.15, 0.2) is 24.3 Å². The molecule has 0 aromatic heterocycles. The van der Waals surface area contributed by atoms with Crippen molar-refractivity contribution in [3.8, 4) is 0 Å². The summed E-state index contributed by atoms with van der Waals surface area (Å²) in [5, 5.41) is 3.54. The molecule has 1 aromatic carbocycles. The van der Waals surface area contributed by atoms with Crippen molar-refractivity contribution in [1.82, 2.24) is 5.32 Å². The first kappa shape index (κ1) is 14.4. The minimum absolute atomic E-state index is 0.678. The molecule has 2 nitrogen and oxygen atoms in total. The van der Waals surface area contributed by atoms with Crippen LogP contribution >= 0.6 is 0 Å². The SMILES string of the molecule is CCCNCc1ccccc1N1C(C)CCC1CC. The maximum atomic E-state index is 3.54. The largest absolute Gasteiger partial charge is 0.366 e. The zero-order valence-corrected chi connectivity index (χ0v) is 12.7. The first-order chi connectivity index (χ1) is 9.27. The van der Waals surface area contributed by atoms with Gasteiger partial charge in [-0.15, -0.1) is 0 Å². The highest BCUT2D eigenvalue weighted by Gasteiger charge is 2.30. The molecule has 1 fully saturated rings. The quantitative estimate of drug-likeness (QED) is 0.779. The van der Waals surface area contributed by atoms with Crippen molar-refractivity contribution >= 4 is 5.69 Å². The van der Waals surface area contributed by atoms with Crippen molar-refractivity contribution < 1.29 is 0 Å². The van der Waals surface area contributed by atoms with Gasteiger partial charge in [0, 0.05) is 24.3 Å². The van der Waals surface area contributed by atoms with Gasteiger partial charge < -0.3 is 10.2 Å². The third kappa shape index (κ3) is 3.30. The maximum Gasteiger partial charge on any atom is 0.0416 e. The molecule has 1 N–H and O–H groups in total. The highest BCUT2D eigenvalue weighted by atomic mass is 15.2. The van der Waals surface area contributed by atoms with Gasteiger partial charge in [-0.05, 0) is 50.8 Å². The number of hydrogen-bond donors (Lipinski definition) is 1. The predicted molar refractivity (Wildman–Crippen MR) is 83.7 cm³/mol. The lowest BCUT2D eigenvalue weighted by Crippen LogP contribution is -2.35. The lowest BCUT2D eigenvalue weighted by atomic mass is 10.1. The molecule has 1 aromatic rings. The molecule has 0 spiro atoms. The van der Waals surface area contributed by atoms with E-state index in [4.69, 9.17) is 0 Å². The van der Waals surface area contributed by atoms with Crippen LogP contribution < -0.4 is 10.2 Å². The molecule has 0 aliphatic carbocycles. The Morgan fingerprint density at radius 3 is 2.74 bits per heavy atom. The van der Waals surface area contributed by atoms with Gasteiger partial charge in [-0.25, -0.2) is 0 Å². The Balaban J connectivity index is 2.18. The van der Waals surface area contributed by atoms with Gasteiger partial charge in [-0.1, -0.05) is 32.0 Å². The van der Waals surface area contributed by atoms with Crippen LogP contribution in [0.3, 0.4) is 0 Å². The van der Waals surface area contributed by atoms with Gasteiger partial charge in [0.15, 0.2) is 0 Å². The number of anilines is 1. The van der Waals surface area contributed by atoms with Crippen LogP contribution in [0.25, 0.3) is 0 Å². The van der Waals surface area contributed by atoms with Crippen molar-refractivity contribution in [3.63, 3.8) is 0 Å². The van der Waals surface area contributed by atoms with E-state index in [-0.39, 0.29) is 0 Å². The summed E-state index contributed by atoms with van der Waals surface area (Å²) in [7, 11) is 0. The molecule has 2 heteroatoms. The topological polar surface area (TPSA) is 15.3 Å². The second kappa shape index (κ2) is 6.95. The van der Waals surface area contributed by atoms with E-state index in [1.165, 1.54) is 36.9 Å². The highest BCUT2D eigenvalue weighted by Crippen LogP contribution is 2.34. The highest BCUT2D eigenvalue weighted by molar-refractivity contribution is 5.56. The van der Waals surface area contributed by atoms with Gasteiger partial charge in [0.25, 0.3) is 0 Å². The number of hydrogen-bond acceptors (Lipinski definition) is 2. The predicted octanol–water partition coefficient (Wildman–Crippen LogP) is 3.95. The lowest BCUT2D eigenvalue weighted by molar-refractivity contribution is 0.619. The normalized spacial score (nSPS) is 23.0. The van der Waals surface area contributed by atoms with E-state index in [1.807, 2.05) is 0 Å². The summed E-state index contributed by atoms with van der Waals surface area (Å²) >= 11 is 0. The molecule has 2 rings (SSSR count). The molecule has 0 radical (unpaired) electrons. The summed E-state index contributed by atoms with van der Waals surface area (Å²) < 4.78 is 0. The summed E-state index contributed by atoms with van der Waals surface area (Å²) in [6.07, 6.45) is 5.12. The molecule has 1 aliphatic rings. The van der Waals surface area contributed by atoms with Crippen molar-refractivity contribution in [2.75, 3.05) is 11.4 Å². The summed E-state index contributed by atoms with van der Waals surface area (Å²) in [6.45, 7) is 8.99. The van der Waals surface area contributed by atoms with Crippen molar-refractivity contribution in [1.29, 1.82) is 0 Å². The van der Waals surface area contributed by atoms with E-state index in [2.05, 4.69) is 55.3 Å². The van der Waals surface area contributed by atoms with Gasteiger partial charge in [0.2, 0.25) is 0 Å². The Bertz CT molecular complexity index is 389. The third-order valence-electron chi connectivity index (χ3n) is 4.27. The molecular weight excluding hydrogens is 232 g/mol. The molecule has 0 saturated carbocycles. The zero-order chi connectivity index (χ0) is 13.7. The van der Waals surface area contributed by atoms with E-state index in [1.54, 1.807) is 0 Å². The van der Waals surface area contributed by atoms with Crippen LogP contribution in [0.4, 0.5) is 5.69 Å². The summed E-state index contributed by atoms with van der Waals surface area (Å²) in [4.78, 5) is 2.66. The van der Waals surface area contributed by atoms with Crippen LogP contribution in [-0.4, -0.2) is 18.6 Å². The van der Waals surface area contributed by atoms with E-state index >= 15 is 0 Å². The van der Waals surface area contributed by atoms with Crippen molar-refractivity contribution in [3.05, 3.63) is 29.8 Å². The van der Waals surface area contributed by atoms with Crippen LogP contribution in [0, 0.1) is 0 Å². The minimum Gasteiger partial charge on any atom is -0.366 e. The molecule has 1 aliphatic heterocycles. The fraction of sp³-hybridized carbons (Fsp3) is 0.647. The molecule has 0 amide bonds. The zero-order valence-electron chi connectivity index (χ0n) is 12.7. The fourth-order valence-corrected chi connectivity index (χ4v) is 3.22. The van der Waals surface area contributed by atoms with E-state index in [0.717, 1.165) is 19.1 Å². The number of rotatable bonds is 6. The molecule has 2 atom stereocenters. The lowest BCUT2D eigenvalue weighted by Gasteiger charge is -2.32. The Morgan fingerprint density at radius 2 is 2.00 bits per heavy atom. The number of benzene rings is 1. The second-order valence-electron chi connectivity index (χ2n) is 5.70. The van der Waals surface area contributed by atoms with Gasteiger partial charge >= 0.3 is 0 Å². The first-order valence-corrected chi connectivity index (χ1v) is 7.84. The maximum absolute atomic E-state index is 3.54. The first-order valence-electron chi connectivity index (χ1n) is 7.84. The van der Waals surface area contributed by atoms with E-state index in [9.17, 15) is 0 Å². The molecule has 1 heterocycles. The average molecular weight is 260 g/mol. The molecule has 19 heavy (non-hydrogen) atoms. The third-order valence-corrected chi connectivity index (χ3v) is 4.27. The van der Waals surface area contributed by atoms with E-state index < -0.39 is 0 Å². The van der Waals surface area contributed by atoms with Crippen molar-refractivity contribution in [2.45, 2.75) is 65.1 Å². The van der Waals surface area contributed by atoms with Crippen molar-refractivity contribution in [2.24, 2.45) is 0 Å². The number of nitrogens with zero attached hydrogens (tertiary/aromatic N) is 1. The van der Waals surface area contributed by atoms with E-state index in [0.29, 0.717) is 6.04 Å². The fourth-order valence-electron chi connectivity index (χ4n) is 3.22. The second-order valence-corrected chi connectivity index (χ2v) is 5.70. The Morgan fingerprint density at radius 1 is 1.21 bits per heavy atom. The Hall–Kier alpha value is -1.02. The average Bonchev–Trinajstić information content (AvgIpc) is 2.81. The Labute approximate surface area is 118 Å². The summed E-state index contributed by atoms with van der Waals surface area (Å²) in [5.41, 5.74) is 2.89. The monoisotopic (exact) mass is 260 g/mol. The number of para-hydroxylation sites is 1. The molecular formula is C17H28N2. The van der Waals surface area contributed by atoms with Gasteiger partial charge in [0.05, 0.1) is 0 Å². The molecule has 2 unspecified atom stereocenters. The standard InChI is InChI=1S/C17H28N2/c1-4-12-18-13-15-8-6-7-9-17(15)19-14(3)10-11-16(19)5-2/h6-9,14,16,18H,4-5,10-13H2,1-3H3. The van der Waals surface area contributed by atoms with Gasteiger partial charge in [-0.3, -0.25) is 0 Å². The van der Waals surface area contributed by atoms with Crippen LogP contribution in [0.5, 0.6) is 0 Å². The smallest absolute Gasteiger partial charge is 0.0416 e. The summed E-state index contributed by atoms with van der Waals surface area (Å²) in [5.74, 6) is 0. The molecule has 106 valence electrons. The molecule has 0 bridgehead atoms.